The Kier molecular flexibility index (Phi) is 6.49. The minimum absolute atomic E-state index is 0.333. The van der Waals surface area contributed by atoms with Crippen LogP contribution in [0.25, 0.3) is 0 Å². The van der Waals surface area contributed by atoms with Gasteiger partial charge in [-0.3, -0.25) is 0 Å². The summed E-state index contributed by atoms with van der Waals surface area (Å²) in [6.45, 7) is 6.02. The van der Waals surface area contributed by atoms with E-state index < -0.39 is 6.10 Å². The summed E-state index contributed by atoms with van der Waals surface area (Å²) >= 11 is 0. The Morgan fingerprint density at radius 1 is 1.38 bits per heavy atom. The lowest BCUT2D eigenvalue weighted by molar-refractivity contribution is 0.0690. The quantitative estimate of drug-likeness (QED) is 0.842. The molecule has 1 aromatic carbocycles. The van der Waals surface area contributed by atoms with Crippen LogP contribution in [0.5, 0.6) is 5.75 Å². The van der Waals surface area contributed by atoms with Crippen molar-refractivity contribution in [1.82, 2.24) is 4.90 Å². The first-order chi connectivity index (χ1) is 10.2. The molecular formula is C17H28N2O2. The fraction of sp³-hybridized carbons (Fsp3) is 0.647. The Hall–Kier alpha value is -1.10. The number of benzene rings is 1. The molecule has 1 saturated heterocycles. The number of aliphatic hydroxyl groups excluding tert-OH is 1. The highest BCUT2D eigenvalue weighted by Crippen LogP contribution is 2.17. The third-order valence-electron chi connectivity index (χ3n) is 4.15. The lowest BCUT2D eigenvalue weighted by atomic mass is 10.0. The summed E-state index contributed by atoms with van der Waals surface area (Å²) in [5.74, 6) is 1.59. The molecule has 2 unspecified atom stereocenters. The molecule has 0 saturated carbocycles. The van der Waals surface area contributed by atoms with Crippen molar-refractivity contribution in [2.24, 2.45) is 11.7 Å². The Balaban J connectivity index is 1.74. The average molecular weight is 292 g/mol. The normalized spacial score (nSPS) is 21.8. The monoisotopic (exact) mass is 292 g/mol. The van der Waals surface area contributed by atoms with Crippen LogP contribution in [0.4, 0.5) is 0 Å². The topological polar surface area (TPSA) is 58.7 Å². The van der Waals surface area contributed by atoms with E-state index in [1.54, 1.807) is 0 Å². The van der Waals surface area contributed by atoms with Crippen molar-refractivity contribution in [3.63, 3.8) is 0 Å². The third kappa shape index (κ3) is 5.65. The summed E-state index contributed by atoms with van der Waals surface area (Å²) in [6, 6.07) is 7.74. The molecule has 1 aliphatic heterocycles. The van der Waals surface area contributed by atoms with Crippen molar-refractivity contribution in [3.8, 4) is 5.75 Å². The van der Waals surface area contributed by atoms with Crippen LogP contribution in [0, 0.1) is 5.92 Å². The van der Waals surface area contributed by atoms with Gasteiger partial charge in [0.05, 0.1) is 0 Å². The van der Waals surface area contributed by atoms with Gasteiger partial charge in [-0.05, 0) is 56.0 Å². The molecule has 1 aromatic rings. The fourth-order valence-electron chi connectivity index (χ4n) is 2.81. The van der Waals surface area contributed by atoms with Crippen molar-refractivity contribution in [3.05, 3.63) is 29.8 Å². The summed E-state index contributed by atoms with van der Waals surface area (Å²) in [6.07, 6.45) is 3.31. The molecule has 4 heteroatoms. The first kappa shape index (κ1) is 16.3. The second-order valence-corrected chi connectivity index (χ2v) is 6.15. The number of likely N-dealkylation sites (tertiary alicyclic amines) is 1. The van der Waals surface area contributed by atoms with Gasteiger partial charge in [0.2, 0.25) is 0 Å². The minimum Gasteiger partial charge on any atom is -0.491 e. The van der Waals surface area contributed by atoms with Gasteiger partial charge in [-0.2, -0.15) is 0 Å². The van der Waals surface area contributed by atoms with Crippen LogP contribution in [-0.4, -0.2) is 42.4 Å². The first-order valence-corrected chi connectivity index (χ1v) is 7.99. The van der Waals surface area contributed by atoms with Crippen LogP contribution >= 0.6 is 0 Å². The number of hydrogen-bond donors (Lipinski definition) is 2. The predicted molar refractivity (Wildman–Crippen MR) is 85.3 cm³/mol. The maximum atomic E-state index is 10.2. The second kappa shape index (κ2) is 8.37. The predicted octanol–water partition coefficient (Wildman–Crippen LogP) is 2.01. The standard InChI is InChI=1S/C17H28N2O2/c1-14-4-3-8-19(9-7-14)12-16(20)13-21-17-6-2-5-15(10-17)11-18/h2,5-6,10,14,16,20H,3-4,7-9,11-13,18H2,1H3. The summed E-state index contributed by atoms with van der Waals surface area (Å²) in [4.78, 5) is 2.35. The molecule has 4 nitrogen and oxygen atoms in total. The number of hydrogen-bond acceptors (Lipinski definition) is 4. The van der Waals surface area contributed by atoms with E-state index in [9.17, 15) is 5.11 Å². The Morgan fingerprint density at radius 3 is 3.05 bits per heavy atom. The lowest BCUT2D eigenvalue weighted by Gasteiger charge is -2.23. The maximum Gasteiger partial charge on any atom is 0.119 e. The van der Waals surface area contributed by atoms with Gasteiger partial charge in [-0.25, -0.2) is 0 Å². The molecule has 1 aliphatic rings. The summed E-state index contributed by atoms with van der Waals surface area (Å²) in [5.41, 5.74) is 6.66. The third-order valence-corrected chi connectivity index (χ3v) is 4.15. The highest BCUT2D eigenvalue weighted by atomic mass is 16.5. The van der Waals surface area contributed by atoms with Crippen molar-refractivity contribution in [2.75, 3.05) is 26.2 Å². The van der Waals surface area contributed by atoms with Crippen molar-refractivity contribution in [1.29, 1.82) is 0 Å². The van der Waals surface area contributed by atoms with Gasteiger partial charge in [0, 0.05) is 13.1 Å². The maximum absolute atomic E-state index is 10.2. The molecule has 3 N–H and O–H groups in total. The SMILES string of the molecule is CC1CCCN(CC(O)COc2cccc(CN)c2)CC1. The molecule has 0 radical (unpaired) electrons. The van der Waals surface area contributed by atoms with Crippen molar-refractivity contribution >= 4 is 0 Å². The molecule has 1 heterocycles. The lowest BCUT2D eigenvalue weighted by Crippen LogP contribution is -2.36. The Morgan fingerprint density at radius 2 is 2.24 bits per heavy atom. The Bertz CT molecular complexity index is 425. The zero-order valence-corrected chi connectivity index (χ0v) is 13.0. The molecule has 118 valence electrons. The summed E-state index contributed by atoms with van der Waals surface area (Å²) < 4.78 is 5.67. The van der Waals surface area contributed by atoms with Gasteiger partial charge >= 0.3 is 0 Å². The number of rotatable bonds is 6. The number of ether oxygens (including phenoxy) is 1. The van der Waals surface area contributed by atoms with Gasteiger partial charge in [0.15, 0.2) is 0 Å². The highest BCUT2D eigenvalue weighted by molar-refractivity contribution is 5.28. The van der Waals surface area contributed by atoms with Gasteiger partial charge < -0.3 is 20.5 Å². The summed E-state index contributed by atoms with van der Waals surface area (Å²) in [5, 5.41) is 10.2. The number of nitrogens with two attached hydrogens (primary N) is 1. The van der Waals surface area contributed by atoms with E-state index in [0.717, 1.165) is 30.3 Å². The average Bonchev–Trinajstić information content (AvgIpc) is 2.70. The second-order valence-electron chi connectivity index (χ2n) is 6.15. The van der Waals surface area contributed by atoms with Gasteiger partial charge in [-0.1, -0.05) is 19.1 Å². The molecular weight excluding hydrogens is 264 g/mol. The highest BCUT2D eigenvalue weighted by Gasteiger charge is 2.17. The molecule has 0 aromatic heterocycles. The molecule has 2 rings (SSSR count). The van der Waals surface area contributed by atoms with E-state index in [1.807, 2.05) is 24.3 Å². The van der Waals surface area contributed by atoms with Crippen LogP contribution in [0.1, 0.15) is 31.7 Å². The molecule has 0 bridgehead atoms. The van der Waals surface area contributed by atoms with Crippen LogP contribution in [0.15, 0.2) is 24.3 Å². The molecule has 2 atom stereocenters. The molecule has 0 amide bonds. The van der Waals surface area contributed by atoms with Gasteiger partial charge in [0.1, 0.15) is 18.5 Å². The van der Waals surface area contributed by atoms with Gasteiger partial charge in [0.25, 0.3) is 0 Å². The van der Waals surface area contributed by atoms with E-state index in [1.165, 1.54) is 19.3 Å². The number of nitrogens with zero attached hydrogens (tertiary/aromatic N) is 1. The zero-order valence-electron chi connectivity index (χ0n) is 13.0. The fourth-order valence-corrected chi connectivity index (χ4v) is 2.81. The molecule has 0 spiro atoms. The van der Waals surface area contributed by atoms with Crippen molar-refractivity contribution < 1.29 is 9.84 Å². The van der Waals surface area contributed by atoms with E-state index in [2.05, 4.69) is 11.8 Å². The van der Waals surface area contributed by atoms with Crippen LogP contribution in [-0.2, 0) is 6.54 Å². The molecule has 1 fully saturated rings. The molecule has 0 aliphatic carbocycles. The van der Waals surface area contributed by atoms with E-state index in [4.69, 9.17) is 10.5 Å². The van der Waals surface area contributed by atoms with Crippen LogP contribution in [0.3, 0.4) is 0 Å². The van der Waals surface area contributed by atoms with Gasteiger partial charge in [-0.15, -0.1) is 0 Å². The zero-order chi connectivity index (χ0) is 15.1. The minimum atomic E-state index is -0.445. The summed E-state index contributed by atoms with van der Waals surface area (Å²) in [7, 11) is 0. The molecule has 21 heavy (non-hydrogen) atoms. The van der Waals surface area contributed by atoms with Crippen molar-refractivity contribution in [2.45, 2.75) is 38.8 Å². The number of β-amino-alcohol motifs (C(OH)–C–C–N with tert-alkyl or cyclic N) is 1. The van der Waals surface area contributed by atoms with Crippen LogP contribution < -0.4 is 10.5 Å². The first-order valence-electron chi connectivity index (χ1n) is 7.99. The Labute approximate surface area is 127 Å². The van der Waals surface area contributed by atoms with E-state index in [0.29, 0.717) is 19.7 Å². The smallest absolute Gasteiger partial charge is 0.119 e. The largest absolute Gasteiger partial charge is 0.491 e. The van der Waals surface area contributed by atoms with Crippen LogP contribution in [0.2, 0.25) is 0 Å². The number of aliphatic hydroxyl groups is 1. The van der Waals surface area contributed by atoms with E-state index in [-0.39, 0.29) is 0 Å². The van der Waals surface area contributed by atoms with E-state index >= 15 is 0 Å².